The summed E-state index contributed by atoms with van der Waals surface area (Å²) in [6.07, 6.45) is 0.238. The van der Waals surface area contributed by atoms with Gasteiger partial charge in [-0.1, -0.05) is 37.1 Å². The van der Waals surface area contributed by atoms with Gasteiger partial charge in [0.1, 0.15) is 18.1 Å². The van der Waals surface area contributed by atoms with Crippen molar-refractivity contribution in [1.29, 1.82) is 0 Å². The molecule has 0 aliphatic carbocycles. The van der Waals surface area contributed by atoms with E-state index in [0.717, 1.165) is 35.8 Å². The molecule has 0 N–H and O–H groups in total. The molecule has 1 saturated heterocycles. The normalized spacial score (nSPS) is 14.4. The fourth-order valence-electron chi connectivity index (χ4n) is 4.97. The van der Waals surface area contributed by atoms with Crippen LogP contribution in [0.5, 0.6) is 11.5 Å². The largest absolute Gasteiger partial charge is 0.493 e. The molecule has 5 rings (SSSR count). The van der Waals surface area contributed by atoms with Gasteiger partial charge in [0.25, 0.3) is 0 Å². The molecule has 6 heteroatoms. The third kappa shape index (κ3) is 6.93. The number of carbonyl (C=O) groups excluding carboxylic acids is 1. The summed E-state index contributed by atoms with van der Waals surface area (Å²) in [5.74, 6) is 7.28. The van der Waals surface area contributed by atoms with Crippen molar-refractivity contribution in [1.82, 2.24) is 0 Å². The lowest BCUT2D eigenvalue weighted by atomic mass is 9.90. The summed E-state index contributed by atoms with van der Waals surface area (Å²) >= 11 is 1.75. The zero-order valence-corrected chi connectivity index (χ0v) is 24.9. The summed E-state index contributed by atoms with van der Waals surface area (Å²) in [6, 6.07) is 20.7. The maximum absolute atomic E-state index is 12.0. The van der Waals surface area contributed by atoms with E-state index in [1.54, 1.807) is 18.3 Å². The number of hydrogen-bond acceptors (Lipinski definition) is 6. The molecule has 0 unspecified atom stereocenters. The van der Waals surface area contributed by atoms with Crippen LogP contribution in [0.15, 0.2) is 66.0 Å². The number of carbonyl (C=O) groups is 1. The third-order valence-electron chi connectivity index (χ3n) is 7.30. The average Bonchev–Trinajstić information content (AvgIpc) is 3.37. The number of rotatable bonds is 11. The lowest BCUT2D eigenvalue weighted by molar-refractivity contribution is -0.143. The van der Waals surface area contributed by atoms with E-state index < -0.39 is 0 Å². The minimum atomic E-state index is -0.239. The second-order valence-corrected chi connectivity index (χ2v) is 11.8. The van der Waals surface area contributed by atoms with Crippen molar-refractivity contribution in [3.8, 4) is 34.5 Å². The van der Waals surface area contributed by atoms with Crippen LogP contribution in [0.4, 0.5) is 0 Å². The van der Waals surface area contributed by atoms with Gasteiger partial charge in [-0.2, -0.15) is 0 Å². The average molecular weight is 569 g/mol. The molecule has 1 aliphatic heterocycles. The fraction of sp³-hybridized carbons (Fsp3) is 0.343. The van der Waals surface area contributed by atoms with Crippen molar-refractivity contribution in [2.45, 2.75) is 46.6 Å². The molecule has 1 atom stereocenters. The first kappa shape index (κ1) is 28.7. The molecule has 4 aromatic rings. The maximum Gasteiger partial charge on any atom is 0.307 e. The molecule has 0 spiro atoms. The molecule has 1 fully saturated rings. The van der Waals surface area contributed by atoms with E-state index in [1.165, 1.54) is 26.8 Å². The summed E-state index contributed by atoms with van der Waals surface area (Å²) in [5, 5.41) is 3.46. The molecular formula is C35H36O5S. The zero-order valence-electron chi connectivity index (χ0n) is 24.1. The SMILES string of the molecule is CC#C[C@@H](CC(=O)OCC)c1ccc(OCc2ccc3scc(-c4ccc(OCC5(C)COC5)cc4C)c3c2)cc1. The molecule has 5 nitrogen and oxygen atoms in total. The molecule has 3 aromatic carbocycles. The maximum atomic E-state index is 12.0. The fourth-order valence-corrected chi connectivity index (χ4v) is 5.91. The van der Waals surface area contributed by atoms with Crippen LogP contribution in [0.3, 0.4) is 0 Å². The summed E-state index contributed by atoms with van der Waals surface area (Å²) in [4.78, 5) is 12.0. The van der Waals surface area contributed by atoms with Gasteiger partial charge < -0.3 is 18.9 Å². The van der Waals surface area contributed by atoms with Crippen LogP contribution in [0.25, 0.3) is 21.2 Å². The smallest absolute Gasteiger partial charge is 0.307 e. The summed E-state index contributed by atoms with van der Waals surface area (Å²) in [5.41, 5.74) is 5.82. The van der Waals surface area contributed by atoms with Crippen molar-refractivity contribution in [3.05, 3.63) is 82.7 Å². The van der Waals surface area contributed by atoms with E-state index in [0.29, 0.717) is 19.8 Å². The van der Waals surface area contributed by atoms with Crippen molar-refractivity contribution in [3.63, 3.8) is 0 Å². The number of benzene rings is 3. The van der Waals surface area contributed by atoms with Crippen LogP contribution in [0.2, 0.25) is 0 Å². The van der Waals surface area contributed by atoms with E-state index in [-0.39, 0.29) is 23.7 Å². The lowest BCUT2D eigenvalue weighted by Gasteiger charge is -2.37. The molecule has 2 heterocycles. The standard InChI is InChI=1S/C35H36O5S/c1-5-7-27(18-34(36)38-6-2)26-9-11-28(12-10-26)39-19-25-8-15-33-31(17-25)32(20-41-33)30-14-13-29(16-24(30)3)40-23-35(4)21-37-22-35/h8-17,20,27H,6,18-19,21-23H2,1-4H3/t27-/m0/s1. The molecule has 1 aliphatic rings. The summed E-state index contributed by atoms with van der Waals surface area (Å²) < 4.78 is 23.9. The Morgan fingerprint density at radius 1 is 1.02 bits per heavy atom. The van der Waals surface area contributed by atoms with Gasteiger partial charge >= 0.3 is 5.97 Å². The number of esters is 1. The second kappa shape index (κ2) is 12.8. The predicted octanol–water partition coefficient (Wildman–Crippen LogP) is 7.93. The van der Waals surface area contributed by atoms with Crippen LogP contribution < -0.4 is 9.47 Å². The highest BCUT2D eigenvalue weighted by Crippen LogP contribution is 2.38. The number of thiophene rings is 1. The highest BCUT2D eigenvalue weighted by Gasteiger charge is 2.34. The first-order chi connectivity index (χ1) is 19.9. The van der Waals surface area contributed by atoms with E-state index in [1.807, 2.05) is 31.2 Å². The van der Waals surface area contributed by atoms with E-state index >= 15 is 0 Å². The van der Waals surface area contributed by atoms with Gasteiger partial charge in [0.05, 0.1) is 38.8 Å². The highest BCUT2D eigenvalue weighted by atomic mass is 32.1. The van der Waals surface area contributed by atoms with Crippen LogP contribution in [-0.4, -0.2) is 32.4 Å². The predicted molar refractivity (Wildman–Crippen MR) is 165 cm³/mol. The quantitative estimate of drug-likeness (QED) is 0.136. The first-order valence-electron chi connectivity index (χ1n) is 14.0. The zero-order chi connectivity index (χ0) is 28.8. The lowest BCUT2D eigenvalue weighted by Crippen LogP contribution is -2.44. The van der Waals surface area contributed by atoms with Crippen LogP contribution >= 0.6 is 11.3 Å². The summed E-state index contributed by atoms with van der Waals surface area (Å²) in [7, 11) is 0. The minimum absolute atomic E-state index is 0.118. The molecule has 41 heavy (non-hydrogen) atoms. The Hall–Kier alpha value is -3.79. The number of fused-ring (bicyclic) bond motifs is 1. The van der Waals surface area contributed by atoms with Crippen molar-refractivity contribution in [2.24, 2.45) is 5.41 Å². The Bertz CT molecular complexity index is 1570. The molecule has 1 aromatic heterocycles. The molecule has 0 radical (unpaired) electrons. The van der Waals surface area contributed by atoms with E-state index in [4.69, 9.17) is 18.9 Å². The van der Waals surface area contributed by atoms with Gasteiger partial charge in [0.2, 0.25) is 0 Å². The minimum Gasteiger partial charge on any atom is -0.493 e. The monoisotopic (exact) mass is 568 g/mol. The van der Waals surface area contributed by atoms with Gasteiger partial charge in [-0.15, -0.1) is 17.3 Å². The summed E-state index contributed by atoms with van der Waals surface area (Å²) in [6.45, 7) is 10.9. The highest BCUT2D eigenvalue weighted by molar-refractivity contribution is 7.17. The van der Waals surface area contributed by atoms with Gasteiger partial charge in [0, 0.05) is 21.1 Å². The Balaban J connectivity index is 1.26. The van der Waals surface area contributed by atoms with Crippen LogP contribution in [0.1, 0.15) is 49.8 Å². The van der Waals surface area contributed by atoms with Crippen LogP contribution in [0, 0.1) is 24.2 Å². The molecule has 0 amide bonds. The Morgan fingerprint density at radius 3 is 2.49 bits per heavy atom. The molecule has 0 bridgehead atoms. The van der Waals surface area contributed by atoms with Gasteiger partial charge in [-0.3, -0.25) is 4.79 Å². The number of aryl methyl sites for hydroxylation is 1. The Labute approximate surface area is 246 Å². The topological polar surface area (TPSA) is 54.0 Å². The Morgan fingerprint density at radius 2 is 1.80 bits per heavy atom. The van der Waals surface area contributed by atoms with Gasteiger partial charge in [-0.25, -0.2) is 0 Å². The van der Waals surface area contributed by atoms with Crippen molar-refractivity contribution >= 4 is 27.4 Å². The number of hydrogen-bond donors (Lipinski definition) is 0. The molecule has 0 saturated carbocycles. The Kier molecular flexibility index (Phi) is 8.97. The first-order valence-corrected chi connectivity index (χ1v) is 14.9. The van der Waals surface area contributed by atoms with Gasteiger partial charge in [-0.05, 0) is 84.8 Å². The van der Waals surface area contributed by atoms with Crippen LogP contribution in [-0.2, 0) is 20.9 Å². The van der Waals surface area contributed by atoms with Crippen molar-refractivity contribution in [2.75, 3.05) is 26.4 Å². The van der Waals surface area contributed by atoms with E-state index in [2.05, 4.69) is 67.5 Å². The number of ether oxygens (including phenoxy) is 4. The second-order valence-electron chi connectivity index (χ2n) is 10.9. The van der Waals surface area contributed by atoms with Crippen molar-refractivity contribution < 1.29 is 23.7 Å². The van der Waals surface area contributed by atoms with E-state index in [9.17, 15) is 4.79 Å². The third-order valence-corrected chi connectivity index (χ3v) is 8.26. The molecular weight excluding hydrogens is 532 g/mol. The van der Waals surface area contributed by atoms with Gasteiger partial charge in [0.15, 0.2) is 0 Å². The molecule has 212 valence electrons.